The van der Waals surface area contributed by atoms with Gasteiger partial charge >= 0.3 is 17.1 Å². The summed E-state index contributed by atoms with van der Waals surface area (Å²) in [4.78, 5) is 4.97. The minimum atomic E-state index is -1.36. The van der Waals surface area contributed by atoms with Gasteiger partial charge in [-0.1, -0.05) is 45.1 Å². The molecule has 1 aromatic carbocycles. The van der Waals surface area contributed by atoms with Crippen LogP contribution in [0.3, 0.4) is 0 Å². The molecule has 0 atom stereocenters. The molecule has 4 rings (SSSR count). The van der Waals surface area contributed by atoms with Crippen LogP contribution in [0, 0.1) is 62.8 Å². The third-order valence-electron chi connectivity index (χ3n) is 4.81. The molecule has 2 saturated carbocycles. The van der Waals surface area contributed by atoms with Gasteiger partial charge in [-0.2, -0.15) is 0 Å². The van der Waals surface area contributed by atoms with Crippen LogP contribution in [0.25, 0.3) is 11.0 Å². The Kier molecular flexibility index (Phi) is 9.30. The number of hydrogen-bond acceptors (Lipinski definition) is 1. The number of hydrogen-bond donors (Lipinski definition) is 0. The molecule has 28 heavy (non-hydrogen) atoms. The van der Waals surface area contributed by atoms with Crippen molar-refractivity contribution in [1.82, 2.24) is 9.55 Å². The number of imidazole rings is 1. The smallest absolute Gasteiger partial charge is 0.327 e. The van der Waals surface area contributed by atoms with E-state index in [1.807, 2.05) is 32.1 Å². The van der Waals surface area contributed by atoms with Gasteiger partial charge in [0.1, 0.15) is 5.82 Å². The van der Waals surface area contributed by atoms with Crippen LogP contribution >= 0.6 is 0 Å². The minimum Gasteiger partial charge on any atom is -0.327 e. The van der Waals surface area contributed by atoms with E-state index in [1.54, 1.807) is 0 Å². The quantitative estimate of drug-likeness (QED) is 0.544. The molecular weight excluding hydrogens is 400 g/mol. The molecule has 0 aliphatic heterocycles. The number of para-hydroxylation sites is 2. The van der Waals surface area contributed by atoms with Crippen molar-refractivity contribution >= 4 is 19.1 Å². The average molecular weight is 430 g/mol. The number of nitrogens with zero attached hydrogens (tertiary/aromatic N) is 2. The normalized spacial score (nSPS) is 18.1. The predicted octanol–water partition coefficient (Wildman–Crippen LogP) is 5.86. The number of benzene rings is 1. The zero-order valence-corrected chi connectivity index (χ0v) is 19.4. The second kappa shape index (κ2) is 11.0. The fourth-order valence-corrected chi connectivity index (χ4v) is 5.01. The average Bonchev–Trinajstić information content (AvgIpc) is 3.40. The van der Waals surface area contributed by atoms with Crippen LogP contribution in [0.2, 0.25) is 19.6 Å². The van der Waals surface area contributed by atoms with Gasteiger partial charge in [-0.25, -0.2) is 4.98 Å². The van der Waals surface area contributed by atoms with Crippen molar-refractivity contribution in [1.29, 1.82) is 0 Å². The van der Waals surface area contributed by atoms with Crippen molar-refractivity contribution in [2.45, 2.75) is 46.0 Å². The van der Waals surface area contributed by atoms with E-state index < -0.39 is 8.07 Å². The predicted molar refractivity (Wildman–Crippen MR) is 118 cm³/mol. The maximum atomic E-state index is 4.97. The molecule has 0 unspecified atom stereocenters. The van der Waals surface area contributed by atoms with Gasteiger partial charge in [-0.05, 0) is 75.5 Å². The summed E-state index contributed by atoms with van der Waals surface area (Å²) in [5.74, 6) is 2.49. The van der Waals surface area contributed by atoms with Gasteiger partial charge in [-0.3, -0.25) is 0 Å². The summed E-state index contributed by atoms with van der Waals surface area (Å²) in [5, 5.41) is 0. The fraction of sp³-hybridized carbons (Fsp3) is 0.292. The molecule has 0 spiro atoms. The van der Waals surface area contributed by atoms with Gasteiger partial charge in [0.25, 0.3) is 0 Å². The van der Waals surface area contributed by atoms with Crippen LogP contribution in [-0.2, 0) is 23.6 Å². The first-order valence-electron chi connectivity index (χ1n) is 9.91. The van der Waals surface area contributed by atoms with Crippen molar-refractivity contribution in [2.75, 3.05) is 0 Å². The van der Waals surface area contributed by atoms with Gasteiger partial charge in [0.05, 0.1) is 19.1 Å². The van der Waals surface area contributed by atoms with Gasteiger partial charge in [0.15, 0.2) is 0 Å². The topological polar surface area (TPSA) is 17.8 Å². The number of aryl methyl sites for hydroxylation is 1. The Balaban J connectivity index is 0.000000408. The fourth-order valence-electron chi connectivity index (χ4n) is 3.41. The summed E-state index contributed by atoms with van der Waals surface area (Å²) in [6.07, 6.45) is 19.1. The van der Waals surface area contributed by atoms with E-state index in [9.17, 15) is 0 Å². The molecule has 2 aliphatic rings. The first-order chi connectivity index (χ1) is 13.0. The summed E-state index contributed by atoms with van der Waals surface area (Å²) >= 11 is 0. The number of fused-ring (bicyclic) bond motifs is 1. The molecule has 2 nitrogen and oxygen atoms in total. The van der Waals surface area contributed by atoms with Crippen LogP contribution in [0.1, 0.15) is 25.6 Å². The number of unbranched alkanes of at least 4 members (excludes halogenated alkanes) is 1. The Hall–Kier alpha value is -0.574. The molecule has 2 aromatic rings. The molecule has 0 bridgehead atoms. The molecule has 2 aliphatic carbocycles. The second-order valence-electron chi connectivity index (χ2n) is 7.99. The summed E-state index contributed by atoms with van der Waals surface area (Å²) < 4.78 is 2.41. The molecule has 10 radical (unpaired) electrons. The summed E-state index contributed by atoms with van der Waals surface area (Å²) in [6, 6.07) is 8.51. The third kappa shape index (κ3) is 5.74. The maximum Gasteiger partial charge on any atom is 2.00 e. The third-order valence-corrected chi connectivity index (χ3v) is 6.86. The summed E-state index contributed by atoms with van der Waals surface area (Å²) in [7, 11) is -1.36. The van der Waals surface area contributed by atoms with Gasteiger partial charge in [0.2, 0.25) is 0 Å². The Bertz CT molecular complexity index is 707. The van der Waals surface area contributed by atoms with Crippen molar-refractivity contribution < 1.29 is 17.1 Å². The molecule has 2 fully saturated rings. The molecule has 0 N–H and O–H groups in total. The molecule has 1 aromatic heterocycles. The van der Waals surface area contributed by atoms with E-state index in [0.717, 1.165) is 17.9 Å². The Labute approximate surface area is 184 Å². The Morgan fingerprint density at radius 1 is 0.893 bits per heavy atom. The maximum absolute atomic E-state index is 4.97. The molecule has 146 valence electrons. The van der Waals surface area contributed by atoms with E-state index >= 15 is 0 Å². The second-order valence-corrected chi connectivity index (χ2v) is 13.0. The van der Waals surface area contributed by atoms with E-state index in [0.29, 0.717) is 0 Å². The monoisotopic (exact) mass is 430 g/mol. The van der Waals surface area contributed by atoms with E-state index in [-0.39, 0.29) is 17.1 Å². The summed E-state index contributed by atoms with van der Waals surface area (Å²) in [6.45, 7) is 10.5. The van der Waals surface area contributed by atoms with Crippen LogP contribution in [0.5, 0.6) is 0 Å². The van der Waals surface area contributed by atoms with E-state index in [2.05, 4.69) is 74.7 Å². The summed E-state index contributed by atoms with van der Waals surface area (Å²) in [5.41, 5.74) is 3.88. The van der Waals surface area contributed by atoms with Crippen molar-refractivity contribution in [3.05, 3.63) is 92.9 Å². The largest absolute Gasteiger partial charge is 2.00 e. The van der Waals surface area contributed by atoms with Crippen molar-refractivity contribution in [2.24, 2.45) is 0 Å². The Morgan fingerprint density at radius 3 is 2.14 bits per heavy atom. The van der Waals surface area contributed by atoms with Crippen molar-refractivity contribution in [3.8, 4) is 0 Å². The molecule has 1 heterocycles. The van der Waals surface area contributed by atoms with Crippen LogP contribution in [-0.4, -0.2) is 17.6 Å². The minimum absolute atomic E-state index is 0. The SMILES string of the molecule is CCCCn1c([C]2[CH][CH][CH][C]2[Si](C)(C)C)nc2ccccc21.[CH]1[CH][CH][CH][CH]1.[Fe+2]. The zero-order valence-electron chi connectivity index (χ0n) is 17.3. The number of aromatic nitrogens is 2. The van der Waals surface area contributed by atoms with Crippen LogP contribution in [0.15, 0.2) is 24.3 Å². The molecule has 0 saturated heterocycles. The first-order valence-corrected chi connectivity index (χ1v) is 13.4. The van der Waals surface area contributed by atoms with Gasteiger partial charge < -0.3 is 4.57 Å². The van der Waals surface area contributed by atoms with Gasteiger partial charge in [-0.15, -0.1) is 0 Å². The standard InChI is InChI=1S/C19H25N2Si.C5H5.Fe/c1-5-6-14-21-17-12-8-7-11-16(17)20-19(21)15-10-9-13-18(15)22(2,3)4;1-2-4-5-3-1;/h7-13H,5-6,14H2,1-4H3;1-5H;/q;;+2. The van der Waals surface area contributed by atoms with Crippen LogP contribution < -0.4 is 0 Å². The zero-order chi connectivity index (χ0) is 19.3. The first kappa shape index (κ1) is 23.7. The van der Waals surface area contributed by atoms with Gasteiger partial charge in [0, 0.05) is 12.5 Å². The van der Waals surface area contributed by atoms with E-state index in [1.165, 1.54) is 29.8 Å². The Morgan fingerprint density at radius 2 is 1.54 bits per heavy atom. The van der Waals surface area contributed by atoms with Crippen molar-refractivity contribution in [3.63, 3.8) is 0 Å². The number of rotatable bonds is 5. The molecular formula is C24H30FeN2Si+2. The van der Waals surface area contributed by atoms with Crippen LogP contribution in [0.4, 0.5) is 0 Å². The van der Waals surface area contributed by atoms with E-state index in [4.69, 9.17) is 4.98 Å². The molecule has 4 heteroatoms. The molecule has 0 amide bonds.